The predicted octanol–water partition coefficient (Wildman–Crippen LogP) is 5.37. The SMILES string of the molecule is CCCCCCc1cccc[n+]1CCOC(=O)Nc1ccc(N=C=O)cc1.O=S(=O)([N-]S(=O)(=O)C(F)(F)F)C(F)(F)F. The van der Waals surface area contributed by atoms with Gasteiger partial charge < -0.3 is 8.86 Å². The molecule has 0 aliphatic heterocycles. The van der Waals surface area contributed by atoms with E-state index in [2.05, 4.69) is 27.9 Å². The normalized spacial score (nSPS) is 12.0. The molecular weight excluding hydrogens is 622 g/mol. The van der Waals surface area contributed by atoms with Gasteiger partial charge in [-0.05, 0) is 30.7 Å². The van der Waals surface area contributed by atoms with Crippen LogP contribution < -0.4 is 9.88 Å². The average Bonchev–Trinajstić information content (AvgIpc) is 2.87. The first-order valence-electron chi connectivity index (χ1n) is 11.9. The summed E-state index contributed by atoms with van der Waals surface area (Å²) in [5, 5.41) is 2.65. The Morgan fingerprint density at radius 2 is 1.55 bits per heavy atom. The fourth-order valence-corrected chi connectivity index (χ4v) is 4.68. The largest absolute Gasteiger partial charge is 0.480 e. The molecule has 0 atom stereocenters. The van der Waals surface area contributed by atoms with Crippen LogP contribution in [-0.2, 0) is 42.5 Å². The molecule has 0 radical (unpaired) electrons. The number of ether oxygens (including phenoxy) is 1. The molecule has 0 spiro atoms. The third kappa shape index (κ3) is 12.5. The Kier molecular flexibility index (Phi) is 14.1. The number of carbonyl (C=O) groups excluding carboxylic acids is 2. The van der Waals surface area contributed by atoms with Crippen molar-refractivity contribution >= 4 is 43.6 Å². The molecule has 2 rings (SSSR count). The van der Waals surface area contributed by atoms with Crippen molar-refractivity contribution in [3.8, 4) is 0 Å². The predicted molar refractivity (Wildman–Crippen MR) is 137 cm³/mol. The molecule has 1 amide bonds. The monoisotopic (exact) mass is 648 g/mol. The van der Waals surface area contributed by atoms with Crippen LogP contribution in [0.2, 0.25) is 0 Å². The summed E-state index contributed by atoms with van der Waals surface area (Å²) in [6.45, 7) is 3.11. The zero-order chi connectivity index (χ0) is 32.0. The molecule has 234 valence electrons. The van der Waals surface area contributed by atoms with Gasteiger partial charge in [-0.15, -0.1) is 0 Å². The second-order valence-electron chi connectivity index (χ2n) is 8.12. The highest BCUT2D eigenvalue weighted by atomic mass is 32.3. The minimum atomic E-state index is -6.72. The van der Waals surface area contributed by atoms with Crippen LogP contribution in [0.3, 0.4) is 0 Å². The second kappa shape index (κ2) is 16.2. The summed E-state index contributed by atoms with van der Waals surface area (Å²) in [6, 6.07) is 12.7. The molecule has 1 heterocycles. The van der Waals surface area contributed by atoms with E-state index in [9.17, 15) is 52.8 Å². The van der Waals surface area contributed by atoms with Gasteiger partial charge in [0.1, 0.15) is 0 Å². The van der Waals surface area contributed by atoms with Crippen LogP contribution in [0.15, 0.2) is 53.7 Å². The summed E-state index contributed by atoms with van der Waals surface area (Å²) in [5.41, 5.74) is -10.1. The fourth-order valence-electron chi connectivity index (χ4n) is 2.97. The molecule has 19 heteroatoms. The Morgan fingerprint density at radius 1 is 0.952 bits per heavy atom. The molecule has 1 aromatic heterocycles. The first-order valence-corrected chi connectivity index (χ1v) is 14.8. The Hall–Kier alpha value is -3.54. The summed E-state index contributed by atoms with van der Waals surface area (Å²) in [7, 11) is -13.4. The molecule has 1 aromatic carbocycles. The lowest BCUT2D eigenvalue weighted by Crippen LogP contribution is -2.40. The number of benzene rings is 1. The molecular formula is C23H26F6N4O7S2. The molecule has 0 aliphatic rings. The van der Waals surface area contributed by atoms with Crippen LogP contribution in [0.5, 0.6) is 0 Å². The molecule has 0 unspecified atom stereocenters. The van der Waals surface area contributed by atoms with Gasteiger partial charge in [-0.2, -0.15) is 35.9 Å². The Morgan fingerprint density at radius 3 is 2.07 bits per heavy atom. The highest BCUT2D eigenvalue weighted by molar-refractivity contribution is 8.13. The summed E-state index contributed by atoms with van der Waals surface area (Å²) < 4.78 is 117. The van der Waals surface area contributed by atoms with E-state index in [0.717, 1.165) is 10.5 Å². The topological polar surface area (TPSA) is 154 Å². The van der Waals surface area contributed by atoms with Gasteiger partial charge in [-0.1, -0.05) is 32.3 Å². The third-order valence-corrected chi connectivity index (χ3v) is 7.70. The van der Waals surface area contributed by atoms with Crippen LogP contribution in [0.25, 0.3) is 4.13 Å². The molecule has 0 aliphatic carbocycles. The fraction of sp³-hybridized carbons (Fsp3) is 0.435. The number of halogens is 6. The lowest BCUT2D eigenvalue weighted by atomic mass is 10.1. The maximum absolute atomic E-state index is 11.9. The number of hydrogen-bond acceptors (Lipinski definition) is 8. The number of aromatic nitrogens is 1. The van der Waals surface area contributed by atoms with Gasteiger partial charge in [0.15, 0.2) is 45.1 Å². The summed E-state index contributed by atoms with van der Waals surface area (Å²) in [4.78, 5) is 25.6. The lowest BCUT2D eigenvalue weighted by Gasteiger charge is -2.22. The number of unbranched alkanes of at least 4 members (excludes halogenated alkanes) is 3. The Labute approximate surface area is 237 Å². The maximum Gasteiger partial charge on any atom is 0.480 e. The molecule has 0 saturated heterocycles. The van der Waals surface area contributed by atoms with Crippen LogP contribution in [0.1, 0.15) is 38.3 Å². The van der Waals surface area contributed by atoms with E-state index in [1.54, 1.807) is 24.3 Å². The molecule has 0 bridgehead atoms. The smallest absolute Gasteiger partial charge is 0.443 e. The highest BCUT2D eigenvalue weighted by Crippen LogP contribution is 2.36. The van der Waals surface area contributed by atoms with Crippen molar-refractivity contribution in [2.45, 2.75) is 56.6 Å². The number of carbonyl (C=O) groups is 1. The van der Waals surface area contributed by atoms with Crippen molar-refractivity contribution in [2.24, 2.45) is 4.99 Å². The number of sulfonamides is 2. The number of aliphatic imine (C=N–C) groups is 1. The minimum Gasteiger partial charge on any atom is -0.443 e. The van der Waals surface area contributed by atoms with Crippen molar-refractivity contribution in [1.29, 1.82) is 0 Å². The summed E-state index contributed by atoms with van der Waals surface area (Å²) in [5.74, 6) is 0. The number of hydrogen-bond donors (Lipinski definition) is 1. The maximum atomic E-state index is 11.9. The van der Waals surface area contributed by atoms with Gasteiger partial charge in [0.25, 0.3) is 0 Å². The zero-order valence-electron chi connectivity index (χ0n) is 21.9. The molecule has 1 N–H and O–H groups in total. The van der Waals surface area contributed by atoms with Crippen molar-refractivity contribution in [1.82, 2.24) is 0 Å². The highest BCUT2D eigenvalue weighted by Gasteiger charge is 2.46. The van der Waals surface area contributed by atoms with Crippen molar-refractivity contribution in [3.63, 3.8) is 0 Å². The van der Waals surface area contributed by atoms with Crippen molar-refractivity contribution in [3.05, 3.63) is 58.5 Å². The van der Waals surface area contributed by atoms with E-state index in [0.29, 0.717) is 17.9 Å². The van der Waals surface area contributed by atoms with Gasteiger partial charge in [-0.25, -0.2) is 26.4 Å². The second-order valence-corrected chi connectivity index (χ2v) is 11.5. The lowest BCUT2D eigenvalue weighted by molar-refractivity contribution is -0.705. The molecule has 42 heavy (non-hydrogen) atoms. The van der Waals surface area contributed by atoms with Crippen LogP contribution in [0, 0.1) is 0 Å². The molecule has 0 saturated carbocycles. The van der Waals surface area contributed by atoms with E-state index >= 15 is 0 Å². The molecule has 0 fully saturated rings. The van der Waals surface area contributed by atoms with Gasteiger partial charge in [-0.3, -0.25) is 5.32 Å². The van der Waals surface area contributed by atoms with E-state index in [4.69, 9.17) is 4.74 Å². The molecule has 11 nitrogen and oxygen atoms in total. The van der Waals surface area contributed by atoms with Gasteiger partial charge >= 0.3 is 17.1 Å². The Bertz CT molecular complexity index is 1380. The van der Waals surface area contributed by atoms with Gasteiger partial charge in [0, 0.05) is 24.2 Å². The van der Waals surface area contributed by atoms with E-state index < -0.39 is 37.2 Å². The van der Waals surface area contributed by atoms with Crippen LogP contribution in [0.4, 0.5) is 42.5 Å². The Balaban J connectivity index is 0.000000501. The van der Waals surface area contributed by atoms with Crippen LogP contribution >= 0.6 is 0 Å². The summed E-state index contributed by atoms with van der Waals surface area (Å²) in [6.07, 6.45) is 8.90. The number of nitrogens with one attached hydrogen (secondary N) is 1. The standard InChI is InChI=1S/C21H25N3O3.C2F6NO4S2/c1-2-3-4-5-8-20-9-6-7-14-24(20)15-16-27-21(26)23-19-12-10-18(11-13-19)22-17-25;3-1(4,5)14(10,11)9-15(12,13)2(6,7)8/h6-7,9-14H,2-5,8,15-16H2,1H3;/q;-1/p+1. The first kappa shape index (κ1) is 36.5. The van der Waals surface area contributed by atoms with Gasteiger partial charge in [0.05, 0.1) is 5.69 Å². The zero-order valence-corrected chi connectivity index (χ0v) is 23.5. The van der Waals surface area contributed by atoms with Crippen molar-refractivity contribution < 1.29 is 62.1 Å². The van der Waals surface area contributed by atoms with E-state index in [1.165, 1.54) is 37.5 Å². The number of pyridine rings is 1. The number of nitrogens with zero attached hydrogens (tertiary/aromatic N) is 3. The van der Waals surface area contributed by atoms with Gasteiger partial charge in [0.2, 0.25) is 6.08 Å². The number of alkyl halides is 6. The summed E-state index contributed by atoms with van der Waals surface area (Å²) >= 11 is 0. The van der Waals surface area contributed by atoms with E-state index in [1.807, 2.05) is 18.3 Å². The number of isocyanates is 1. The molecule has 2 aromatic rings. The third-order valence-electron chi connectivity index (χ3n) is 4.96. The average molecular weight is 649 g/mol. The van der Waals surface area contributed by atoms with Crippen LogP contribution in [-0.4, -0.2) is 46.6 Å². The van der Waals surface area contributed by atoms with E-state index in [-0.39, 0.29) is 6.61 Å². The quantitative estimate of drug-likeness (QED) is 0.107. The number of amides is 1. The number of anilines is 1. The minimum absolute atomic E-state index is 0.288. The van der Waals surface area contributed by atoms with Crippen molar-refractivity contribution in [2.75, 3.05) is 11.9 Å². The number of rotatable bonds is 12. The number of aryl methyl sites for hydroxylation is 1. The first-order chi connectivity index (χ1) is 19.4.